The van der Waals surface area contributed by atoms with Crippen LogP contribution in [0.3, 0.4) is 0 Å². The smallest absolute Gasteiger partial charge is 0.149 e. The fourth-order valence-corrected chi connectivity index (χ4v) is 8.09. The molecule has 0 aliphatic carbocycles. The van der Waals surface area contributed by atoms with E-state index in [1.54, 1.807) is 18.4 Å². The molecule has 0 saturated heterocycles. The molecular formula is C31H35O4P. The summed E-state index contributed by atoms with van der Waals surface area (Å²) in [6, 6.07) is 32.7. The minimum Gasteiger partial charge on any atom is -0.467 e. The van der Waals surface area contributed by atoms with Crippen molar-refractivity contribution in [3.8, 4) is 0 Å². The summed E-state index contributed by atoms with van der Waals surface area (Å²) in [6.45, 7) is 2.63. The van der Waals surface area contributed by atoms with Gasteiger partial charge in [0, 0.05) is 10.6 Å². The quantitative estimate of drug-likeness (QED) is 0.203. The number of hydrogen-bond acceptors (Lipinski definition) is 4. The van der Waals surface area contributed by atoms with Gasteiger partial charge in [-0.25, -0.2) is 0 Å². The van der Waals surface area contributed by atoms with E-state index in [0.29, 0.717) is 18.8 Å². The summed E-state index contributed by atoms with van der Waals surface area (Å²) < 4.78 is 27.3. The van der Waals surface area contributed by atoms with E-state index in [1.807, 2.05) is 91.0 Å². The second kappa shape index (κ2) is 12.9. The number of aliphatic hydroxyl groups excluding tert-OH is 1. The number of unbranched alkanes of at least 4 members (excludes halogenated alkanes) is 1. The molecule has 4 aromatic rings. The standard InChI is InChI=1S/C31H35O4P/c1-2-3-16-26(35-24-25-14-7-4-8-15-25)23-30(31(32)29-21-13-22-34-29)36(33,27-17-9-5-10-18-27)28-19-11-6-12-20-28/h4-15,17-22,26,30-32H,2-3,16,23-24H2,1H3/t26-,30+,31-/m1/s1. The Morgan fingerprint density at radius 3 is 1.94 bits per heavy atom. The van der Waals surface area contributed by atoms with E-state index in [1.165, 1.54) is 0 Å². The minimum atomic E-state index is -3.30. The van der Waals surface area contributed by atoms with Gasteiger partial charge in [-0.2, -0.15) is 0 Å². The van der Waals surface area contributed by atoms with Crippen LogP contribution in [0.4, 0.5) is 0 Å². The Balaban J connectivity index is 1.75. The predicted octanol–water partition coefficient (Wildman–Crippen LogP) is 6.86. The SMILES string of the molecule is CCCC[C@H](C[C@@H]([C@H](O)c1ccco1)P(=O)(c1ccccc1)c1ccccc1)OCc1ccccc1. The Kier molecular flexibility index (Phi) is 9.35. The van der Waals surface area contributed by atoms with E-state index in [0.717, 1.165) is 35.4 Å². The van der Waals surface area contributed by atoms with Gasteiger partial charge in [-0.15, -0.1) is 0 Å². The molecule has 0 saturated carbocycles. The summed E-state index contributed by atoms with van der Waals surface area (Å²) in [4.78, 5) is 0. The van der Waals surface area contributed by atoms with E-state index in [9.17, 15) is 5.11 Å². The molecule has 188 valence electrons. The summed E-state index contributed by atoms with van der Waals surface area (Å²) >= 11 is 0. The van der Waals surface area contributed by atoms with Gasteiger partial charge in [-0.05, 0) is 30.5 Å². The fourth-order valence-electron chi connectivity index (χ4n) is 4.71. The van der Waals surface area contributed by atoms with Crippen LogP contribution in [0.2, 0.25) is 0 Å². The lowest BCUT2D eigenvalue weighted by atomic mass is 10.0. The molecule has 0 amide bonds. The highest BCUT2D eigenvalue weighted by molar-refractivity contribution is 7.79. The minimum absolute atomic E-state index is 0.166. The third-order valence-corrected chi connectivity index (χ3v) is 10.2. The number of hydrogen-bond donors (Lipinski definition) is 1. The summed E-state index contributed by atoms with van der Waals surface area (Å²) in [5.74, 6) is 0.421. The molecule has 4 rings (SSSR count). The van der Waals surface area contributed by atoms with Crippen molar-refractivity contribution in [1.82, 2.24) is 0 Å². The van der Waals surface area contributed by atoms with Crippen LogP contribution < -0.4 is 10.6 Å². The molecule has 5 heteroatoms. The van der Waals surface area contributed by atoms with Crippen molar-refractivity contribution in [2.45, 2.75) is 57.1 Å². The summed E-state index contributed by atoms with van der Waals surface area (Å²) in [5.41, 5.74) is 0.475. The summed E-state index contributed by atoms with van der Waals surface area (Å²) in [5, 5.41) is 13.1. The van der Waals surface area contributed by atoms with Gasteiger partial charge < -0.3 is 18.8 Å². The van der Waals surface area contributed by atoms with Crippen LogP contribution in [0.25, 0.3) is 0 Å². The van der Waals surface area contributed by atoms with Crippen LogP contribution in [-0.2, 0) is 15.9 Å². The van der Waals surface area contributed by atoms with Crippen LogP contribution in [-0.4, -0.2) is 16.9 Å². The summed E-state index contributed by atoms with van der Waals surface area (Å²) in [6.07, 6.45) is 3.63. The zero-order valence-corrected chi connectivity index (χ0v) is 21.7. The molecule has 1 aromatic heterocycles. The lowest BCUT2D eigenvalue weighted by molar-refractivity contribution is 0.0167. The Morgan fingerprint density at radius 2 is 1.42 bits per heavy atom. The van der Waals surface area contributed by atoms with Gasteiger partial charge in [0.05, 0.1) is 24.6 Å². The normalized spacial score (nSPS) is 14.3. The number of furan rings is 1. The highest BCUT2D eigenvalue weighted by Crippen LogP contribution is 2.55. The number of benzene rings is 3. The lowest BCUT2D eigenvalue weighted by Gasteiger charge is -2.34. The van der Waals surface area contributed by atoms with Crippen LogP contribution in [0.1, 0.15) is 50.0 Å². The highest BCUT2D eigenvalue weighted by Gasteiger charge is 2.43. The topological polar surface area (TPSA) is 59.7 Å². The zero-order chi connectivity index (χ0) is 25.2. The maximum absolute atomic E-state index is 15.3. The van der Waals surface area contributed by atoms with Gasteiger partial charge in [-0.1, -0.05) is 111 Å². The molecular weight excluding hydrogens is 467 g/mol. The molecule has 0 unspecified atom stereocenters. The van der Waals surface area contributed by atoms with Crippen LogP contribution >= 0.6 is 7.14 Å². The van der Waals surface area contributed by atoms with Crippen LogP contribution in [0, 0.1) is 0 Å². The van der Waals surface area contributed by atoms with Gasteiger partial charge in [-0.3, -0.25) is 0 Å². The molecule has 0 bridgehead atoms. The van der Waals surface area contributed by atoms with Crippen molar-refractivity contribution in [2.24, 2.45) is 0 Å². The molecule has 3 aromatic carbocycles. The van der Waals surface area contributed by atoms with Gasteiger partial charge in [0.2, 0.25) is 0 Å². The van der Waals surface area contributed by atoms with Crippen molar-refractivity contribution >= 4 is 17.8 Å². The Bertz CT molecular complexity index is 1150. The molecule has 0 aliphatic heterocycles. The van der Waals surface area contributed by atoms with E-state index in [2.05, 4.69) is 6.92 Å². The molecule has 0 fully saturated rings. The van der Waals surface area contributed by atoms with E-state index in [4.69, 9.17) is 9.15 Å². The first-order chi connectivity index (χ1) is 17.6. The highest BCUT2D eigenvalue weighted by atomic mass is 31.2. The first kappa shape index (κ1) is 26.2. The van der Waals surface area contributed by atoms with Crippen molar-refractivity contribution in [3.63, 3.8) is 0 Å². The van der Waals surface area contributed by atoms with E-state index >= 15 is 4.57 Å². The second-order valence-electron chi connectivity index (χ2n) is 9.15. The number of ether oxygens (including phenoxy) is 1. The maximum atomic E-state index is 15.3. The maximum Gasteiger partial charge on any atom is 0.149 e. The molecule has 3 atom stereocenters. The van der Waals surface area contributed by atoms with Crippen LogP contribution in [0.5, 0.6) is 0 Å². The molecule has 0 radical (unpaired) electrons. The second-order valence-corrected chi connectivity index (χ2v) is 12.2. The molecule has 36 heavy (non-hydrogen) atoms. The van der Waals surface area contributed by atoms with Gasteiger partial charge in [0.25, 0.3) is 0 Å². The first-order valence-corrected chi connectivity index (χ1v) is 14.5. The molecule has 1 N–H and O–H groups in total. The third kappa shape index (κ3) is 6.25. The predicted molar refractivity (Wildman–Crippen MR) is 146 cm³/mol. The van der Waals surface area contributed by atoms with E-state index < -0.39 is 18.9 Å². The molecule has 0 aliphatic rings. The molecule has 1 heterocycles. The van der Waals surface area contributed by atoms with Gasteiger partial charge in [0.1, 0.15) is 19.0 Å². The van der Waals surface area contributed by atoms with Gasteiger partial charge in [0.15, 0.2) is 0 Å². The van der Waals surface area contributed by atoms with Crippen molar-refractivity contribution in [3.05, 3.63) is 121 Å². The fraction of sp³-hybridized carbons (Fsp3) is 0.290. The van der Waals surface area contributed by atoms with Crippen molar-refractivity contribution in [1.29, 1.82) is 0 Å². The summed E-state index contributed by atoms with van der Waals surface area (Å²) in [7, 11) is -3.30. The lowest BCUT2D eigenvalue weighted by Crippen LogP contribution is -2.34. The third-order valence-electron chi connectivity index (χ3n) is 6.66. The molecule has 4 nitrogen and oxygen atoms in total. The Hall–Kier alpha value is -2.91. The average molecular weight is 503 g/mol. The monoisotopic (exact) mass is 502 g/mol. The van der Waals surface area contributed by atoms with Crippen molar-refractivity contribution < 1.29 is 18.8 Å². The Morgan fingerprint density at radius 1 is 0.833 bits per heavy atom. The first-order valence-electron chi connectivity index (χ1n) is 12.7. The van der Waals surface area contributed by atoms with Crippen LogP contribution in [0.15, 0.2) is 114 Å². The average Bonchev–Trinajstić information content (AvgIpc) is 3.49. The zero-order valence-electron chi connectivity index (χ0n) is 20.8. The Labute approximate surface area is 214 Å². The number of aliphatic hydroxyl groups is 1. The van der Waals surface area contributed by atoms with Crippen molar-refractivity contribution in [2.75, 3.05) is 0 Å². The molecule has 0 spiro atoms. The number of rotatable bonds is 13. The largest absolute Gasteiger partial charge is 0.467 e. The van der Waals surface area contributed by atoms with Gasteiger partial charge >= 0.3 is 0 Å². The van der Waals surface area contributed by atoms with E-state index in [-0.39, 0.29) is 6.10 Å².